The minimum Gasteiger partial charge on any atom is -0.494 e. The molecular weight excluding hydrogens is 265 g/mol. The largest absolute Gasteiger partial charge is 0.494 e. The monoisotopic (exact) mass is 277 g/mol. The third-order valence-corrected chi connectivity index (χ3v) is 2.48. The predicted molar refractivity (Wildman–Crippen MR) is 70.7 cm³/mol. The molecule has 0 aliphatic rings. The van der Waals surface area contributed by atoms with Gasteiger partial charge in [0, 0.05) is 6.07 Å². The second kappa shape index (κ2) is 6.01. The molecular formula is C14H12FNO4. The standard InChI is InChI=1S/C14H12FNO4/c1-2-19-10-5-3-6-11(9-10)20-13-8-4-7-12(15)14(13)16(17)18/h3-9H,2H2,1H3. The molecule has 2 aromatic rings. The van der Waals surface area contributed by atoms with Crippen LogP contribution in [0.25, 0.3) is 0 Å². The first-order chi connectivity index (χ1) is 9.61. The Labute approximate surface area is 114 Å². The molecule has 0 aromatic heterocycles. The molecule has 0 fully saturated rings. The zero-order chi connectivity index (χ0) is 14.5. The molecule has 0 spiro atoms. The Morgan fingerprint density at radius 2 is 1.90 bits per heavy atom. The van der Waals surface area contributed by atoms with Crippen LogP contribution in [0.4, 0.5) is 10.1 Å². The van der Waals surface area contributed by atoms with Crippen molar-refractivity contribution in [3.63, 3.8) is 0 Å². The lowest BCUT2D eigenvalue weighted by Gasteiger charge is -2.08. The van der Waals surface area contributed by atoms with Gasteiger partial charge in [-0.2, -0.15) is 4.39 Å². The smallest absolute Gasteiger partial charge is 0.346 e. The molecule has 2 aromatic carbocycles. The fraction of sp³-hybridized carbons (Fsp3) is 0.143. The Morgan fingerprint density at radius 1 is 1.20 bits per heavy atom. The zero-order valence-corrected chi connectivity index (χ0v) is 10.7. The van der Waals surface area contributed by atoms with Crippen LogP contribution in [0.1, 0.15) is 6.92 Å². The van der Waals surface area contributed by atoms with E-state index in [4.69, 9.17) is 9.47 Å². The molecule has 0 radical (unpaired) electrons. The Balaban J connectivity index is 2.32. The predicted octanol–water partition coefficient (Wildman–Crippen LogP) is 3.92. The third-order valence-electron chi connectivity index (χ3n) is 2.48. The number of nitrogens with zero attached hydrogens (tertiary/aromatic N) is 1. The van der Waals surface area contributed by atoms with E-state index in [0.29, 0.717) is 18.1 Å². The van der Waals surface area contributed by atoms with Gasteiger partial charge in [0.1, 0.15) is 11.5 Å². The van der Waals surface area contributed by atoms with E-state index in [1.807, 2.05) is 6.92 Å². The van der Waals surface area contributed by atoms with Crippen molar-refractivity contribution in [1.29, 1.82) is 0 Å². The highest BCUT2D eigenvalue weighted by Gasteiger charge is 2.21. The van der Waals surface area contributed by atoms with Gasteiger partial charge in [0.05, 0.1) is 11.5 Å². The molecule has 0 N–H and O–H groups in total. The summed E-state index contributed by atoms with van der Waals surface area (Å²) in [5.41, 5.74) is -0.686. The normalized spacial score (nSPS) is 10.1. The minimum atomic E-state index is -0.937. The van der Waals surface area contributed by atoms with Crippen LogP contribution < -0.4 is 9.47 Å². The van der Waals surface area contributed by atoms with E-state index < -0.39 is 16.4 Å². The molecule has 0 unspecified atom stereocenters. The summed E-state index contributed by atoms with van der Waals surface area (Å²) in [4.78, 5) is 10.1. The zero-order valence-electron chi connectivity index (χ0n) is 10.7. The fourth-order valence-electron chi connectivity index (χ4n) is 1.68. The molecule has 0 aliphatic carbocycles. The van der Waals surface area contributed by atoms with E-state index in [-0.39, 0.29) is 5.75 Å². The summed E-state index contributed by atoms with van der Waals surface area (Å²) in [7, 11) is 0. The SMILES string of the molecule is CCOc1cccc(Oc2cccc(F)c2[N+](=O)[O-])c1. The molecule has 5 nitrogen and oxygen atoms in total. The number of ether oxygens (including phenoxy) is 2. The number of nitro benzene ring substituents is 1. The van der Waals surface area contributed by atoms with Crippen molar-refractivity contribution in [2.45, 2.75) is 6.92 Å². The van der Waals surface area contributed by atoms with Crippen molar-refractivity contribution in [3.8, 4) is 17.2 Å². The Morgan fingerprint density at radius 3 is 2.60 bits per heavy atom. The Kier molecular flexibility index (Phi) is 4.14. The van der Waals surface area contributed by atoms with Crippen LogP contribution in [0.5, 0.6) is 17.2 Å². The number of para-hydroxylation sites is 1. The summed E-state index contributed by atoms with van der Waals surface area (Å²) < 4.78 is 24.1. The molecule has 104 valence electrons. The third kappa shape index (κ3) is 3.03. The van der Waals surface area contributed by atoms with Crippen molar-refractivity contribution < 1.29 is 18.8 Å². The van der Waals surface area contributed by atoms with Gasteiger partial charge in [-0.1, -0.05) is 12.1 Å². The number of rotatable bonds is 5. The topological polar surface area (TPSA) is 61.6 Å². The van der Waals surface area contributed by atoms with E-state index in [9.17, 15) is 14.5 Å². The van der Waals surface area contributed by atoms with E-state index in [2.05, 4.69) is 0 Å². The van der Waals surface area contributed by atoms with Crippen LogP contribution in [-0.2, 0) is 0 Å². The van der Waals surface area contributed by atoms with Gasteiger partial charge < -0.3 is 9.47 Å². The first kappa shape index (κ1) is 13.8. The molecule has 0 aliphatic heterocycles. The van der Waals surface area contributed by atoms with Crippen LogP contribution in [-0.4, -0.2) is 11.5 Å². The van der Waals surface area contributed by atoms with E-state index >= 15 is 0 Å². The van der Waals surface area contributed by atoms with Gasteiger partial charge in [0.25, 0.3) is 0 Å². The minimum absolute atomic E-state index is 0.149. The highest BCUT2D eigenvalue weighted by atomic mass is 19.1. The van der Waals surface area contributed by atoms with Crippen LogP contribution >= 0.6 is 0 Å². The lowest BCUT2D eigenvalue weighted by atomic mass is 10.2. The van der Waals surface area contributed by atoms with Crippen LogP contribution in [0.2, 0.25) is 0 Å². The maximum Gasteiger partial charge on any atom is 0.346 e. The van der Waals surface area contributed by atoms with Gasteiger partial charge in [-0.25, -0.2) is 0 Å². The summed E-state index contributed by atoms with van der Waals surface area (Å²) in [6.45, 7) is 2.33. The quantitative estimate of drug-likeness (QED) is 0.613. The van der Waals surface area contributed by atoms with Crippen molar-refractivity contribution >= 4 is 5.69 Å². The average molecular weight is 277 g/mol. The van der Waals surface area contributed by atoms with Gasteiger partial charge in [-0.15, -0.1) is 0 Å². The van der Waals surface area contributed by atoms with Crippen molar-refractivity contribution in [3.05, 3.63) is 58.4 Å². The second-order valence-electron chi connectivity index (χ2n) is 3.85. The van der Waals surface area contributed by atoms with Crippen molar-refractivity contribution in [2.24, 2.45) is 0 Å². The number of halogens is 1. The van der Waals surface area contributed by atoms with Crippen LogP contribution in [0.3, 0.4) is 0 Å². The first-order valence-corrected chi connectivity index (χ1v) is 5.95. The lowest BCUT2D eigenvalue weighted by Crippen LogP contribution is -1.97. The Bertz CT molecular complexity index is 630. The molecule has 0 saturated heterocycles. The second-order valence-corrected chi connectivity index (χ2v) is 3.85. The van der Waals surface area contributed by atoms with Gasteiger partial charge >= 0.3 is 5.69 Å². The van der Waals surface area contributed by atoms with Crippen molar-refractivity contribution in [1.82, 2.24) is 0 Å². The number of hydrogen-bond acceptors (Lipinski definition) is 4. The van der Waals surface area contributed by atoms with Gasteiger partial charge in [-0.3, -0.25) is 10.1 Å². The molecule has 0 amide bonds. The molecule has 0 atom stereocenters. The molecule has 0 saturated carbocycles. The number of benzene rings is 2. The molecule has 20 heavy (non-hydrogen) atoms. The Hall–Kier alpha value is -2.63. The maximum absolute atomic E-state index is 13.5. The van der Waals surface area contributed by atoms with Crippen LogP contribution in [0, 0.1) is 15.9 Å². The summed E-state index contributed by atoms with van der Waals surface area (Å²) >= 11 is 0. The number of hydrogen-bond donors (Lipinski definition) is 0. The summed E-state index contributed by atoms with van der Waals surface area (Å²) in [6, 6.07) is 10.3. The van der Waals surface area contributed by atoms with E-state index in [1.54, 1.807) is 24.3 Å². The molecule has 0 bridgehead atoms. The number of nitro groups is 1. The molecule has 6 heteroatoms. The average Bonchev–Trinajstić information content (AvgIpc) is 2.39. The first-order valence-electron chi connectivity index (χ1n) is 5.95. The van der Waals surface area contributed by atoms with Crippen LogP contribution in [0.15, 0.2) is 42.5 Å². The highest BCUT2D eigenvalue weighted by molar-refractivity contribution is 5.49. The van der Waals surface area contributed by atoms with E-state index in [0.717, 1.165) is 6.07 Å². The fourth-order valence-corrected chi connectivity index (χ4v) is 1.68. The van der Waals surface area contributed by atoms with E-state index in [1.165, 1.54) is 12.1 Å². The van der Waals surface area contributed by atoms with Gasteiger partial charge in [0.2, 0.25) is 11.6 Å². The summed E-state index contributed by atoms with van der Waals surface area (Å²) in [5, 5.41) is 10.9. The molecule has 0 heterocycles. The summed E-state index contributed by atoms with van der Waals surface area (Å²) in [6.07, 6.45) is 0. The summed E-state index contributed by atoms with van der Waals surface area (Å²) in [5.74, 6) is -0.175. The maximum atomic E-state index is 13.5. The van der Waals surface area contributed by atoms with Gasteiger partial charge in [0.15, 0.2) is 0 Å². The van der Waals surface area contributed by atoms with Crippen molar-refractivity contribution in [2.75, 3.05) is 6.61 Å². The van der Waals surface area contributed by atoms with Gasteiger partial charge in [-0.05, 0) is 31.2 Å². The molecule has 2 rings (SSSR count). The lowest BCUT2D eigenvalue weighted by molar-refractivity contribution is -0.388. The highest BCUT2D eigenvalue weighted by Crippen LogP contribution is 2.34.